The summed E-state index contributed by atoms with van der Waals surface area (Å²) in [6.07, 6.45) is 1.19. The number of carbonyl (C=O) groups excluding carboxylic acids is 1. The Labute approximate surface area is 153 Å². The van der Waals surface area contributed by atoms with E-state index in [4.69, 9.17) is 11.5 Å². The number of nitrogens with zero attached hydrogens (tertiary/aromatic N) is 1. The standard InChI is InChI=1S/C19H28N4O3/c1-12(24)22-15(11-18(2,3)14-7-5-4-6-8-14)19(23-17(20)21)9-13(10-19)16(25)26/h4-8,13,15H,9-11H2,1-3H3,(H,22,24)(H,25,26)(H4,20,21,23). The minimum atomic E-state index is -0.865. The van der Waals surface area contributed by atoms with Crippen LogP contribution in [0.2, 0.25) is 0 Å². The van der Waals surface area contributed by atoms with E-state index >= 15 is 0 Å². The van der Waals surface area contributed by atoms with Crippen molar-refractivity contribution in [2.24, 2.45) is 22.4 Å². The van der Waals surface area contributed by atoms with Gasteiger partial charge in [-0.25, -0.2) is 4.99 Å². The summed E-state index contributed by atoms with van der Waals surface area (Å²) in [5, 5.41) is 12.2. The molecule has 26 heavy (non-hydrogen) atoms. The summed E-state index contributed by atoms with van der Waals surface area (Å²) in [4.78, 5) is 27.5. The quantitative estimate of drug-likeness (QED) is 0.431. The van der Waals surface area contributed by atoms with Crippen molar-refractivity contribution in [1.82, 2.24) is 5.32 Å². The van der Waals surface area contributed by atoms with Crippen LogP contribution in [0, 0.1) is 5.92 Å². The average molecular weight is 360 g/mol. The van der Waals surface area contributed by atoms with Gasteiger partial charge < -0.3 is 21.9 Å². The lowest BCUT2D eigenvalue weighted by molar-refractivity contribution is -0.147. The monoisotopic (exact) mass is 360 g/mol. The number of aliphatic carboxylic acids is 1. The lowest BCUT2D eigenvalue weighted by Crippen LogP contribution is -2.61. The first kappa shape index (κ1) is 19.8. The van der Waals surface area contributed by atoms with Gasteiger partial charge in [0, 0.05) is 6.92 Å². The van der Waals surface area contributed by atoms with Crippen LogP contribution in [0.15, 0.2) is 35.3 Å². The van der Waals surface area contributed by atoms with E-state index in [1.165, 1.54) is 6.92 Å². The van der Waals surface area contributed by atoms with E-state index in [0.29, 0.717) is 19.3 Å². The van der Waals surface area contributed by atoms with Gasteiger partial charge in [0.1, 0.15) is 0 Å². The molecule has 7 heteroatoms. The number of nitrogens with two attached hydrogens (primary N) is 2. The van der Waals surface area contributed by atoms with E-state index in [1.807, 2.05) is 30.3 Å². The highest BCUT2D eigenvalue weighted by molar-refractivity contribution is 5.78. The van der Waals surface area contributed by atoms with Crippen molar-refractivity contribution in [2.45, 2.75) is 57.0 Å². The average Bonchev–Trinajstić information content (AvgIpc) is 2.49. The van der Waals surface area contributed by atoms with Crippen LogP contribution >= 0.6 is 0 Å². The molecular formula is C19H28N4O3. The molecule has 142 valence electrons. The van der Waals surface area contributed by atoms with E-state index in [1.54, 1.807) is 0 Å². The van der Waals surface area contributed by atoms with Crippen LogP contribution in [0.5, 0.6) is 0 Å². The molecule has 0 heterocycles. The molecule has 1 aromatic rings. The van der Waals surface area contributed by atoms with Gasteiger partial charge in [-0.1, -0.05) is 44.2 Å². The third-order valence-corrected chi connectivity index (χ3v) is 5.20. The summed E-state index contributed by atoms with van der Waals surface area (Å²) in [5.74, 6) is -1.66. The summed E-state index contributed by atoms with van der Waals surface area (Å²) < 4.78 is 0. The molecule has 1 aromatic carbocycles. The summed E-state index contributed by atoms with van der Waals surface area (Å²) >= 11 is 0. The third kappa shape index (κ3) is 4.33. The van der Waals surface area contributed by atoms with Gasteiger partial charge in [0.15, 0.2) is 5.96 Å². The van der Waals surface area contributed by atoms with Gasteiger partial charge in [-0.3, -0.25) is 9.59 Å². The van der Waals surface area contributed by atoms with Gasteiger partial charge in [0.25, 0.3) is 0 Å². The fourth-order valence-corrected chi connectivity index (χ4v) is 3.82. The molecule has 1 atom stereocenters. The van der Waals surface area contributed by atoms with Crippen LogP contribution in [-0.4, -0.2) is 34.5 Å². The van der Waals surface area contributed by atoms with Crippen LogP contribution in [0.1, 0.15) is 45.6 Å². The van der Waals surface area contributed by atoms with Crippen LogP contribution in [0.4, 0.5) is 0 Å². The zero-order chi connectivity index (χ0) is 19.5. The van der Waals surface area contributed by atoms with Crippen molar-refractivity contribution in [2.75, 3.05) is 0 Å². The molecule has 1 aliphatic carbocycles. The predicted molar refractivity (Wildman–Crippen MR) is 101 cm³/mol. The van der Waals surface area contributed by atoms with Crippen LogP contribution < -0.4 is 16.8 Å². The van der Waals surface area contributed by atoms with Gasteiger partial charge in [0.2, 0.25) is 5.91 Å². The first-order valence-electron chi connectivity index (χ1n) is 8.72. The Morgan fingerprint density at radius 1 is 1.31 bits per heavy atom. The number of carboxylic acid groups (broad SMARTS) is 1. The Kier molecular flexibility index (Phi) is 5.59. The topological polar surface area (TPSA) is 131 Å². The smallest absolute Gasteiger partial charge is 0.306 e. The highest BCUT2D eigenvalue weighted by Crippen LogP contribution is 2.47. The molecule has 1 unspecified atom stereocenters. The number of amides is 1. The number of benzene rings is 1. The van der Waals surface area contributed by atoms with Crippen LogP contribution in [0.25, 0.3) is 0 Å². The number of rotatable bonds is 7. The van der Waals surface area contributed by atoms with Gasteiger partial charge in [-0.2, -0.15) is 0 Å². The number of aliphatic imine (C=N–C) groups is 1. The SMILES string of the molecule is CC(=O)NC(CC(C)(C)c1ccccc1)C1(N=C(N)N)CC(C(=O)O)C1. The number of hydrogen-bond donors (Lipinski definition) is 4. The lowest BCUT2D eigenvalue weighted by atomic mass is 9.61. The summed E-state index contributed by atoms with van der Waals surface area (Å²) in [6.45, 7) is 5.63. The number of nitrogens with one attached hydrogen (secondary N) is 1. The fourth-order valence-electron chi connectivity index (χ4n) is 3.82. The van der Waals surface area contributed by atoms with Gasteiger partial charge in [-0.15, -0.1) is 0 Å². The van der Waals surface area contributed by atoms with Crippen molar-refractivity contribution < 1.29 is 14.7 Å². The summed E-state index contributed by atoms with van der Waals surface area (Å²) in [7, 11) is 0. The summed E-state index contributed by atoms with van der Waals surface area (Å²) in [5.41, 5.74) is 11.3. The molecule has 0 radical (unpaired) electrons. The van der Waals surface area contributed by atoms with Gasteiger partial charge in [-0.05, 0) is 30.2 Å². The second-order valence-electron chi connectivity index (χ2n) is 7.79. The molecule has 0 aliphatic heterocycles. The number of hydrogen-bond acceptors (Lipinski definition) is 3. The molecule has 0 aromatic heterocycles. The van der Waals surface area contributed by atoms with Crippen LogP contribution in [0.3, 0.4) is 0 Å². The fraction of sp³-hybridized carbons (Fsp3) is 0.526. The molecular weight excluding hydrogens is 332 g/mol. The molecule has 1 saturated carbocycles. The number of carbonyl (C=O) groups is 2. The van der Waals surface area contributed by atoms with E-state index in [9.17, 15) is 14.7 Å². The summed E-state index contributed by atoms with van der Waals surface area (Å²) in [6, 6.07) is 9.61. The first-order chi connectivity index (χ1) is 12.1. The first-order valence-corrected chi connectivity index (χ1v) is 8.72. The van der Waals surface area contributed by atoms with E-state index in [-0.39, 0.29) is 23.3 Å². The van der Waals surface area contributed by atoms with E-state index in [0.717, 1.165) is 5.56 Å². The molecule has 0 saturated heterocycles. The van der Waals surface area contributed by atoms with Crippen molar-refractivity contribution in [3.63, 3.8) is 0 Å². The maximum absolute atomic E-state index is 11.8. The highest BCUT2D eigenvalue weighted by Gasteiger charge is 2.54. The molecule has 7 nitrogen and oxygen atoms in total. The van der Waals surface area contributed by atoms with Crippen molar-refractivity contribution >= 4 is 17.8 Å². The van der Waals surface area contributed by atoms with E-state index < -0.39 is 17.4 Å². The van der Waals surface area contributed by atoms with Crippen LogP contribution in [-0.2, 0) is 15.0 Å². The minimum Gasteiger partial charge on any atom is -0.481 e. The normalized spacial score (nSPS) is 23.4. The highest BCUT2D eigenvalue weighted by atomic mass is 16.4. The Hall–Kier alpha value is -2.57. The molecule has 0 spiro atoms. The van der Waals surface area contributed by atoms with E-state index in [2.05, 4.69) is 24.2 Å². The molecule has 0 bridgehead atoms. The predicted octanol–water partition coefficient (Wildman–Crippen LogP) is 1.37. The maximum atomic E-state index is 11.8. The molecule has 1 amide bonds. The largest absolute Gasteiger partial charge is 0.481 e. The number of guanidine groups is 1. The Bertz CT molecular complexity index is 690. The Balaban J connectivity index is 2.34. The Morgan fingerprint density at radius 2 is 1.88 bits per heavy atom. The van der Waals surface area contributed by atoms with Crippen molar-refractivity contribution in [3.05, 3.63) is 35.9 Å². The zero-order valence-electron chi connectivity index (χ0n) is 15.5. The van der Waals surface area contributed by atoms with Gasteiger partial charge in [0.05, 0.1) is 17.5 Å². The minimum absolute atomic E-state index is 0.0956. The third-order valence-electron chi connectivity index (χ3n) is 5.20. The van der Waals surface area contributed by atoms with Crippen molar-refractivity contribution in [3.8, 4) is 0 Å². The molecule has 6 N–H and O–H groups in total. The maximum Gasteiger partial charge on any atom is 0.306 e. The molecule has 1 aliphatic rings. The lowest BCUT2D eigenvalue weighted by Gasteiger charge is -2.49. The van der Waals surface area contributed by atoms with Gasteiger partial charge >= 0.3 is 5.97 Å². The second kappa shape index (κ2) is 7.35. The second-order valence-corrected chi connectivity index (χ2v) is 7.79. The number of carboxylic acids is 1. The molecule has 1 fully saturated rings. The van der Waals surface area contributed by atoms with Crippen molar-refractivity contribution in [1.29, 1.82) is 0 Å². The molecule has 2 rings (SSSR count). The Morgan fingerprint density at radius 3 is 2.35 bits per heavy atom. The zero-order valence-corrected chi connectivity index (χ0v) is 15.5.